The number of amides is 2. The molecule has 2 N–H and O–H groups in total. The van der Waals surface area contributed by atoms with Gasteiger partial charge < -0.3 is 19.5 Å². The van der Waals surface area contributed by atoms with Crippen LogP contribution in [-0.4, -0.2) is 51.1 Å². The number of nitrogens with zero attached hydrogens (tertiary/aromatic N) is 1. The van der Waals surface area contributed by atoms with Crippen molar-refractivity contribution >= 4 is 39.6 Å². The maximum absolute atomic E-state index is 12.8. The normalized spacial score (nSPS) is 11.1. The molecule has 0 spiro atoms. The quantitative estimate of drug-likeness (QED) is 0.225. The standard InChI is InChI=1S/C30H34ClN3O8S/c1-4-6-22(7-5-2)41-30(37)42-27-15-10-21(19-33-27)28(35)34-43(38,39)24-12-8-20(9-13-24)16-17-32-29(36)25-18-23(40-3)11-14-26(25)31/h8-15,18-19,22H,4-7,16-17H2,1-3H3,(H,32,36)(H,34,35). The minimum Gasteiger partial charge on any atom is -0.497 e. The lowest BCUT2D eigenvalue weighted by atomic mass is 10.1. The molecule has 1 aromatic heterocycles. The molecule has 2 amide bonds. The fourth-order valence-corrected chi connectivity index (χ4v) is 5.20. The van der Waals surface area contributed by atoms with Gasteiger partial charge in [0, 0.05) is 18.8 Å². The van der Waals surface area contributed by atoms with Gasteiger partial charge in [-0.15, -0.1) is 0 Å². The number of pyridine rings is 1. The van der Waals surface area contributed by atoms with Crippen LogP contribution in [0.2, 0.25) is 5.02 Å². The summed E-state index contributed by atoms with van der Waals surface area (Å²) in [4.78, 5) is 40.9. The average molecular weight is 632 g/mol. The van der Waals surface area contributed by atoms with Crippen LogP contribution in [0.1, 0.15) is 65.8 Å². The Kier molecular flexibility index (Phi) is 12.3. The second-order valence-corrected chi connectivity index (χ2v) is 11.6. The first-order valence-corrected chi connectivity index (χ1v) is 15.5. The Morgan fingerprint density at radius 2 is 1.65 bits per heavy atom. The lowest BCUT2D eigenvalue weighted by Gasteiger charge is -2.15. The van der Waals surface area contributed by atoms with Crippen LogP contribution >= 0.6 is 11.6 Å². The van der Waals surface area contributed by atoms with Gasteiger partial charge >= 0.3 is 6.16 Å². The van der Waals surface area contributed by atoms with E-state index in [1.165, 1.54) is 37.4 Å². The smallest absolute Gasteiger partial charge is 0.497 e. The van der Waals surface area contributed by atoms with E-state index in [1.54, 1.807) is 24.3 Å². The number of sulfonamides is 1. The number of hydrogen-bond acceptors (Lipinski definition) is 9. The Labute approximate surface area is 255 Å². The minimum absolute atomic E-state index is 0.0531. The van der Waals surface area contributed by atoms with Gasteiger partial charge in [-0.2, -0.15) is 0 Å². The van der Waals surface area contributed by atoms with E-state index >= 15 is 0 Å². The third kappa shape index (κ3) is 9.97. The molecule has 0 aliphatic heterocycles. The first-order valence-electron chi connectivity index (χ1n) is 13.7. The summed E-state index contributed by atoms with van der Waals surface area (Å²) >= 11 is 6.11. The predicted octanol–water partition coefficient (Wildman–Crippen LogP) is 5.32. The van der Waals surface area contributed by atoms with Gasteiger partial charge in [0.15, 0.2) is 0 Å². The van der Waals surface area contributed by atoms with E-state index in [0.29, 0.717) is 25.0 Å². The topological polar surface area (TPSA) is 150 Å². The number of rotatable bonds is 14. The van der Waals surface area contributed by atoms with Crippen molar-refractivity contribution in [1.82, 2.24) is 15.0 Å². The lowest BCUT2D eigenvalue weighted by molar-refractivity contribution is 0.0490. The van der Waals surface area contributed by atoms with E-state index in [2.05, 4.69) is 10.3 Å². The van der Waals surface area contributed by atoms with Crippen LogP contribution in [0.15, 0.2) is 65.7 Å². The Bertz CT molecular complexity index is 1510. The molecule has 11 nitrogen and oxygen atoms in total. The zero-order chi connectivity index (χ0) is 31.4. The average Bonchev–Trinajstić information content (AvgIpc) is 2.98. The van der Waals surface area contributed by atoms with Crippen LogP contribution in [0.5, 0.6) is 11.6 Å². The number of carbonyl (C=O) groups excluding carboxylic acids is 3. The van der Waals surface area contributed by atoms with Gasteiger partial charge in [-0.3, -0.25) is 9.59 Å². The highest BCUT2D eigenvalue weighted by molar-refractivity contribution is 7.90. The molecule has 0 aliphatic carbocycles. The highest BCUT2D eigenvalue weighted by atomic mass is 35.5. The third-order valence-electron chi connectivity index (χ3n) is 6.25. The molecule has 0 aliphatic rings. The number of aromatic nitrogens is 1. The van der Waals surface area contributed by atoms with Crippen molar-refractivity contribution < 1.29 is 37.0 Å². The molecule has 3 rings (SSSR count). The molecule has 0 atom stereocenters. The van der Waals surface area contributed by atoms with Gasteiger partial charge in [-0.1, -0.05) is 50.4 Å². The van der Waals surface area contributed by atoms with Gasteiger partial charge in [-0.05, 0) is 61.2 Å². The van der Waals surface area contributed by atoms with Crippen molar-refractivity contribution in [3.63, 3.8) is 0 Å². The van der Waals surface area contributed by atoms with E-state index in [9.17, 15) is 22.8 Å². The summed E-state index contributed by atoms with van der Waals surface area (Å²) in [5.41, 5.74) is 0.986. The summed E-state index contributed by atoms with van der Waals surface area (Å²) in [6.45, 7) is 4.26. The van der Waals surface area contributed by atoms with E-state index in [1.807, 2.05) is 18.6 Å². The number of benzene rings is 2. The molecule has 0 radical (unpaired) electrons. The Morgan fingerprint density at radius 3 is 2.26 bits per heavy atom. The molecule has 13 heteroatoms. The van der Waals surface area contributed by atoms with Crippen LogP contribution < -0.4 is 19.5 Å². The van der Waals surface area contributed by atoms with Crippen LogP contribution in [0.4, 0.5) is 4.79 Å². The third-order valence-corrected chi connectivity index (χ3v) is 7.93. The minimum atomic E-state index is -4.19. The highest BCUT2D eigenvalue weighted by Gasteiger charge is 2.20. The summed E-state index contributed by atoms with van der Waals surface area (Å²) in [5.74, 6) is -0.863. The van der Waals surface area contributed by atoms with Crippen LogP contribution in [0.3, 0.4) is 0 Å². The van der Waals surface area contributed by atoms with Gasteiger partial charge in [-0.25, -0.2) is 22.9 Å². The maximum Gasteiger partial charge on any atom is 0.515 e. The van der Waals surface area contributed by atoms with E-state index in [4.69, 9.17) is 25.8 Å². The van der Waals surface area contributed by atoms with Crippen molar-refractivity contribution in [1.29, 1.82) is 0 Å². The van der Waals surface area contributed by atoms with E-state index in [0.717, 1.165) is 24.6 Å². The Morgan fingerprint density at radius 1 is 0.953 bits per heavy atom. The van der Waals surface area contributed by atoms with Gasteiger partial charge in [0.2, 0.25) is 5.88 Å². The second kappa shape index (κ2) is 15.9. The molecule has 0 saturated heterocycles. The zero-order valence-corrected chi connectivity index (χ0v) is 25.7. The SMILES string of the molecule is CCCC(CCC)OC(=O)Oc1ccc(C(=O)NS(=O)(=O)c2ccc(CCNC(=O)c3cc(OC)ccc3Cl)cc2)cn1. The summed E-state index contributed by atoms with van der Waals surface area (Å²) < 4.78 is 43.1. The predicted molar refractivity (Wildman–Crippen MR) is 160 cm³/mol. The second-order valence-electron chi connectivity index (χ2n) is 9.48. The van der Waals surface area contributed by atoms with Crippen molar-refractivity contribution in [2.24, 2.45) is 0 Å². The molecule has 43 heavy (non-hydrogen) atoms. The van der Waals surface area contributed by atoms with Gasteiger partial charge in [0.05, 0.1) is 28.2 Å². The van der Waals surface area contributed by atoms with Gasteiger partial charge in [0.25, 0.3) is 21.8 Å². The molecule has 0 unspecified atom stereocenters. The molecular weight excluding hydrogens is 598 g/mol. The summed E-state index contributed by atoms with van der Waals surface area (Å²) in [7, 11) is -2.70. The molecule has 230 valence electrons. The summed E-state index contributed by atoms with van der Waals surface area (Å²) in [6.07, 6.45) is 3.51. The molecule has 0 fully saturated rings. The number of halogens is 1. The van der Waals surface area contributed by atoms with E-state index in [-0.39, 0.29) is 45.5 Å². The fourth-order valence-electron chi connectivity index (χ4n) is 4.02. The summed E-state index contributed by atoms with van der Waals surface area (Å²) in [6, 6.07) is 13.2. The molecule has 0 saturated carbocycles. The molecule has 1 heterocycles. The van der Waals surface area contributed by atoms with Crippen LogP contribution in [0.25, 0.3) is 0 Å². The van der Waals surface area contributed by atoms with Crippen molar-refractivity contribution in [2.45, 2.75) is 57.0 Å². The van der Waals surface area contributed by atoms with Crippen LogP contribution in [0, 0.1) is 0 Å². The van der Waals surface area contributed by atoms with Gasteiger partial charge in [0.1, 0.15) is 11.9 Å². The summed E-state index contributed by atoms with van der Waals surface area (Å²) in [5, 5.41) is 3.06. The molecular formula is C30H34ClN3O8S. The molecule has 3 aromatic rings. The van der Waals surface area contributed by atoms with Crippen molar-refractivity contribution in [2.75, 3.05) is 13.7 Å². The number of nitrogens with one attached hydrogen (secondary N) is 2. The monoisotopic (exact) mass is 631 g/mol. The van der Waals surface area contributed by atoms with Crippen molar-refractivity contribution in [3.05, 3.63) is 82.5 Å². The first-order chi connectivity index (χ1) is 20.6. The first kappa shape index (κ1) is 33.3. The highest BCUT2D eigenvalue weighted by Crippen LogP contribution is 2.22. The molecule has 2 aromatic carbocycles. The number of ether oxygens (including phenoxy) is 3. The largest absolute Gasteiger partial charge is 0.515 e. The zero-order valence-electron chi connectivity index (χ0n) is 24.1. The number of methoxy groups -OCH3 is 1. The van der Waals surface area contributed by atoms with Crippen LogP contribution in [-0.2, 0) is 21.2 Å². The number of carbonyl (C=O) groups is 3. The lowest BCUT2D eigenvalue weighted by Crippen LogP contribution is -2.30. The van der Waals surface area contributed by atoms with Crippen molar-refractivity contribution in [3.8, 4) is 11.6 Å². The Balaban J connectivity index is 1.52. The fraction of sp³-hybridized carbons (Fsp3) is 0.333. The molecule has 0 bridgehead atoms. The maximum atomic E-state index is 12.8. The van der Waals surface area contributed by atoms with E-state index < -0.39 is 22.1 Å². The Hall–Kier alpha value is -4.16. The number of hydrogen-bond donors (Lipinski definition) is 2.